The number of phenolic OH excluding ortho intramolecular Hbond substituents is 4. The molecule has 1 fully saturated rings. The molecule has 3 unspecified atom stereocenters. The van der Waals surface area contributed by atoms with Crippen molar-refractivity contribution < 1.29 is 65.0 Å². The number of phenols is 4. The first-order chi connectivity index (χ1) is 16.0. The first kappa shape index (κ1) is 23.8. The lowest BCUT2D eigenvalue weighted by Crippen LogP contribution is -2.60. The molecule has 1 saturated heterocycles. The molecule has 0 bridgehead atoms. The van der Waals surface area contributed by atoms with Crippen LogP contribution in [-0.2, 0) is 4.74 Å². The Hall–Kier alpha value is -3.33. The molecule has 2 aliphatic rings. The number of ketones is 1. The van der Waals surface area contributed by atoms with Gasteiger partial charge in [-0.3, -0.25) is 4.79 Å². The van der Waals surface area contributed by atoms with E-state index in [1.165, 1.54) is 0 Å². The Morgan fingerprint density at radius 2 is 1.59 bits per heavy atom. The number of aliphatic hydroxyl groups excluding tert-OH is 5. The van der Waals surface area contributed by atoms with Gasteiger partial charge in [0.2, 0.25) is 17.8 Å². The highest BCUT2D eigenvalue weighted by Gasteiger charge is 2.45. The first-order valence-electron chi connectivity index (χ1n) is 10.0. The van der Waals surface area contributed by atoms with Crippen LogP contribution in [0.15, 0.2) is 24.3 Å². The van der Waals surface area contributed by atoms with Gasteiger partial charge in [0.05, 0.1) is 6.61 Å². The van der Waals surface area contributed by atoms with Crippen molar-refractivity contribution in [2.75, 3.05) is 6.61 Å². The zero-order valence-corrected chi connectivity index (χ0v) is 17.2. The van der Waals surface area contributed by atoms with Gasteiger partial charge < -0.3 is 60.2 Å². The Balaban J connectivity index is 1.68. The second kappa shape index (κ2) is 8.79. The van der Waals surface area contributed by atoms with E-state index in [0.717, 1.165) is 24.3 Å². The van der Waals surface area contributed by atoms with E-state index < -0.39 is 84.1 Å². The zero-order valence-electron chi connectivity index (χ0n) is 17.2. The average molecular weight is 482 g/mol. The molecule has 34 heavy (non-hydrogen) atoms. The van der Waals surface area contributed by atoms with Crippen LogP contribution in [0.1, 0.15) is 22.0 Å². The van der Waals surface area contributed by atoms with Gasteiger partial charge in [-0.25, -0.2) is 0 Å². The van der Waals surface area contributed by atoms with E-state index in [2.05, 4.69) is 0 Å². The quantitative estimate of drug-likeness (QED) is 0.223. The van der Waals surface area contributed by atoms with Gasteiger partial charge in [-0.1, -0.05) is 0 Å². The summed E-state index contributed by atoms with van der Waals surface area (Å²) in [7, 11) is 0. The summed E-state index contributed by atoms with van der Waals surface area (Å²) in [5.41, 5.74) is -0.452. The van der Waals surface area contributed by atoms with Gasteiger partial charge in [0, 0.05) is 17.7 Å². The predicted molar refractivity (Wildman–Crippen MR) is 108 cm³/mol. The standard InChI is InChI=1S/C21H22O13/c22-5-12-15(27)17(29)19(31)21(34-12)33-11-2-6(1-9(25)14(11)26)20-18(30)16(28)13-8(24)3-7(23)4-10(13)32-20/h1-4,12,15,17-27,29-31H,5H2/t12-,15-,17+,18?,19-,20?,21?/m1/s1. The molecule has 2 aromatic carbocycles. The molecule has 9 N–H and O–H groups in total. The molecule has 0 aliphatic carbocycles. The maximum Gasteiger partial charge on any atom is 0.229 e. The number of aliphatic hydroxyl groups is 5. The summed E-state index contributed by atoms with van der Waals surface area (Å²) in [4.78, 5) is 12.6. The van der Waals surface area contributed by atoms with Crippen LogP contribution in [0.3, 0.4) is 0 Å². The van der Waals surface area contributed by atoms with E-state index in [0.29, 0.717) is 0 Å². The summed E-state index contributed by atoms with van der Waals surface area (Å²) < 4.78 is 16.1. The van der Waals surface area contributed by atoms with E-state index in [4.69, 9.17) is 14.2 Å². The first-order valence-corrected chi connectivity index (χ1v) is 10.0. The number of hydrogen-bond donors (Lipinski definition) is 9. The van der Waals surface area contributed by atoms with E-state index in [9.17, 15) is 50.8 Å². The molecular weight excluding hydrogens is 460 g/mol. The highest BCUT2D eigenvalue weighted by Crippen LogP contribution is 2.45. The van der Waals surface area contributed by atoms with Crippen LogP contribution in [0.2, 0.25) is 0 Å². The van der Waals surface area contributed by atoms with Gasteiger partial charge in [0.1, 0.15) is 47.2 Å². The Morgan fingerprint density at radius 1 is 0.882 bits per heavy atom. The number of benzene rings is 2. The Labute approximate surface area is 190 Å². The Bertz CT molecular complexity index is 1100. The largest absolute Gasteiger partial charge is 0.508 e. The maximum absolute atomic E-state index is 12.6. The van der Waals surface area contributed by atoms with Gasteiger partial charge in [-0.2, -0.15) is 0 Å². The molecule has 4 rings (SSSR count). The van der Waals surface area contributed by atoms with Crippen LogP contribution in [0.5, 0.6) is 34.5 Å². The second-order valence-electron chi connectivity index (χ2n) is 7.89. The topological polar surface area (TPSA) is 227 Å². The number of Topliss-reactive ketones (excluding diaryl/α,β-unsaturated/α-hetero) is 1. The molecule has 0 radical (unpaired) electrons. The van der Waals surface area contributed by atoms with Crippen LogP contribution in [0.25, 0.3) is 0 Å². The highest BCUT2D eigenvalue weighted by atomic mass is 16.7. The second-order valence-corrected chi connectivity index (χ2v) is 7.89. The fourth-order valence-electron chi connectivity index (χ4n) is 3.82. The summed E-state index contributed by atoms with van der Waals surface area (Å²) >= 11 is 0. The van der Waals surface area contributed by atoms with Crippen molar-refractivity contribution in [3.8, 4) is 34.5 Å². The SMILES string of the molecule is O=C1c2c(O)cc(O)cc2OC(c2cc(O)c(O)c(OC3O[C@H](CO)[C@@H](O)[C@H](O)[C@H]3O)c2)C1O. The van der Waals surface area contributed by atoms with Crippen molar-refractivity contribution in [2.24, 2.45) is 0 Å². The van der Waals surface area contributed by atoms with Crippen LogP contribution >= 0.6 is 0 Å². The lowest BCUT2D eigenvalue weighted by Gasteiger charge is -2.39. The molecule has 13 heteroatoms. The lowest BCUT2D eigenvalue weighted by atomic mass is 9.92. The smallest absolute Gasteiger partial charge is 0.229 e. The molecule has 2 heterocycles. The minimum Gasteiger partial charge on any atom is -0.508 e. The number of carbonyl (C=O) groups excluding carboxylic acids is 1. The Kier molecular flexibility index (Phi) is 6.16. The normalized spacial score (nSPS) is 31.0. The molecule has 0 amide bonds. The van der Waals surface area contributed by atoms with Crippen molar-refractivity contribution in [1.82, 2.24) is 0 Å². The van der Waals surface area contributed by atoms with Crippen LogP contribution in [-0.4, -0.2) is 95.2 Å². The highest BCUT2D eigenvalue weighted by molar-refractivity contribution is 6.05. The molecule has 7 atom stereocenters. The number of ether oxygens (including phenoxy) is 3. The van der Waals surface area contributed by atoms with Crippen molar-refractivity contribution in [3.05, 3.63) is 35.4 Å². The molecule has 0 aromatic heterocycles. The number of carbonyl (C=O) groups is 1. The molecular formula is C21H22O13. The van der Waals surface area contributed by atoms with Crippen molar-refractivity contribution in [3.63, 3.8) is 0 Å². The van der Waals surface area contributed by atoms with Gasteiger partial charge in [0.25, 0.3) is 0 Å². The molecule has 2 aromatic rings. The molecule has 13 nitrogen and oxygen atoms in total. The van der Waals surface area contributed by atoms with Gasteiger partial charge >= 0.3 is 0 Å². The van der Waals surface area contributed by atoms with Crippen LogP contribution in [0.4, 0.5) is 0 Å². The monoisotopic (exact) mass is 482 g/mol. The third-order valence-electron chi connectivity index (χ3n) is 5.62. The van der Waals surface area contributed by atoms with E-state index in [1.54, 1.807) is 0 Å². The van der Waals surface area contributed by atoms with E-state index in [1.807, 2.05) is 0 Å². The van der Waals surface area contributed by atoms with Crippen LogP contribution in [0, 0.1) is 0 Å². The molecule has 0 saturated carbocycles. The summed E-state index contributed by atoms with van der Waals surface area (Å²) in [6.07, 6.45) is -11.6. The number of rotatable bonds is 4. The van der Waals surface area contributed by atoms with Crippen molar-refractivity contribution in [2.45, 2.75) is 42.9 Å². The summed E-state index contributed by atoms with van der Waals surface area (Å²) in [5.74, 6) is -4.34. The summed E-state index contributed by atoms with van der Waals surface area (Å²) in [5, 5.41) is 89.8. The third-order valence-corrected chi connectivity index (χ3v) is 5.62. The van der Waals surface area contributed by atoms with Gasteiger partial charge in [0.15, 0.2) is 23.7 Å². The van der Waals surface area contributed by atoms with Crippen LogP contribution < -0.4 is 9.47 Å². The summed E-state index contributed by atoms with van der Waals surface area (Å²) in [6.45, 7) is -0.731. The predicted octanol–water partition coefficient (Wildman–Crippen LogP) is -1.64. The van der Waals surface area contributed by atoms with E-state index in [-0.39, 0.29) is 16.9 Å². The molecule has 184 valence electrons. The fraction of sp³-hybridized carbons (Fsp3) is 0.381. The van der Waals surface area contributed by atoms with Gasteiger partial charge in [-0.05, 0) is 12.1 Å². The minimum atomic E-state index is -1.87. The Morgan fingerprint density at radius 3 is 2.26 bits per heavy atom. The van der Waals surface area contributed by atoms with E-state index >= 15 is 0 Å². The van der Waals surface area contributed by atoms with Gasteiger partial charge in [-0.15, -0.1) is 0 Å². The fourth-order valence-corrected chi connectivity index (χ4v) is 3.82. The molecule has 0 spiro atoms. The van der Waals surface area contributed by atoms with Crippen molar-refractivity contribution >= 4 is 5.78 Å². The summed E-state index contributed by atoms with van der Waals surface area (Å²) in [6, 6.07) is 3.94. The molecule has 2 aliphatic heterocycles. The number of fused-ring (bicyclic) bond motifs is 1. The zero-order chi connectivity index (χ0) is 24.9. The maximum atomic E-state index is 12.6. The van der Waals surface area contributed by atoms with Crippen molar-refractivity contribution in [1.29, 1.82) is 0 Å². The number of hydrogen-bond acceptors (Lipinski definition) is 13. The average Bonchev–Trinajstić information content (AvgIpc) is 2.78. The minimum absolute atomic E-state index is 0.0933. The number of aromatic hydroxyl groups is 4. The lowest BCUT2D eigenvalue weighted by molar-refractivity contribution is -0.277. The third kappa shape index (κ3) is 3.94.